The second kappa shape index (κ2) is 10.3. The predicted octanol–water partition coefficient (Wildman–Crippen LogP) is 6.36. The minimum atomic E-state index is -0.131. The molecule has 1 N–H and O–H groups in total. The summed E-state index contributed by atoms with van der Waals surface area (Å²) in [5, 5.41) is 5.07. The summed E-state index contributed by atoms with van der Waals surface area (Å²) in [4.78, 5) is 24.9. The molecule has 1 unspecified atom stereocenters. The van der Waals surface area contributed by atoms with E-state index in [1.54, 1.807) is 16.8 Å². The quantitative estimate of drug-likeness (QED) is 0.301. The van der Waals surface area contributed by atoms with Crippen molar-refractivity contribution in [3.63, 3.8) is 0 Å². The average molecular weight is 571 g/mol. The van der Waals surface area contributed by atoms with Crippen molar-refractivity contribution >= 4 is 62.0 Å². The molecule has 1 atom stereocenters. The maximum absolute atomic E-state index is 13.3. The van der Waals surface area contributed by atoms with Gasteiger partial charge in [-0.3, -0.25) is 9.36 Å². The Morgan fingerprint density at radius 3 is 2.69 bits per heavy atom. The van der Waals surface area contributed by atoms with E-state index in [4.69, 9.17) is 11.6 Å². The molecular formula is C26H25BrClN5OS. The van der Waals surface area contributed by atoms with Crippen molar-refractivity contribution in [1.82, 2.24) is 19.4 Å². The standard InChI is InChI=1S/C26H25BrClN5OS/c1-3-33-24-17(12-21(25(33)34)20-9-6-18(27)13-22(20)28)14-29-26(31-24)30-19-7-4-16(5-8-19)23-15-32(2)10-11-35-23/h4-9,12-14,23H,3,10-11,15H2,1-2H3,(H,29,30,31). The summed E-state index contributed by atoms with van der Waals surface area (Å²) in [6.07, 6.45) is 1.75. The number of pyridine rings is 1. The highest BCUT2D eigenvalue weighted by atomic mass is 79.9. The molecule has 35 heavy (non-hydrogen) atoms. The molecule has 4 aromatic rings. The molecule has 0 spiro atoms. The van der Waals surface area contributed by atoms with E-state index < -0.39 is 0 Å². The zero-order chi connectivity index (χ0) is 24.5. The van der Waals surface area contributed by atoms with Crippen LogP contribution in [0.5, 0.6) is 0 Å². The average Bonchev–Trinajstić information content (AvgIpc) is 2.85. The van der Waals surface area contributed by atoms with Gasteiger partial charge in [0.15, 0.2) is 0 Å². The topological polar surface area (TPSA) is 63.1 Å². The van der Waals surface area contributed by atoms with Gasteiger partial charge in [0.2, 0.25) is 5.95 Å². The molecule has 0 bridgehead atoms. The summed E-state index contributed by atoms with van der Waals surface area (Å²) in [6.45, 7) is 4.62. The maximum Gasteiger partial charge on any atom is 0.260 e. The first-order valence-electron chi connectivity index (χ1n) is 11.5. The van der Waals surface area contributed by atoms with Crippen molar-refractivity contribution in [1.29, 1.82) is 0 Å². The lowest BCUT2D eigenvalue weighted by atomic mass is 10.1. The molecule has 2 aromatic heterocycles. The first-order valence-corrected chi connectivity index (χ1v) is 13.7. The van der Waals surface area contributed by atoms with Crippen molar-refractivity contribution in [2.75, 3.05) is 31.2 Å². The second-order valence-electron chi connectivity index (χ2n) is 8.57. The van der Waals surface area contributed by atoms with Gasteiger partial charge in [-0.1, -0.05) is 45.7 Å². The smallest absolute Gasteiger partial charge is 0.260 e. The molecule has 1 saturated heterocycles. The first kappa shape index (κ1) is 24.3. The zero-order valence-electron chi connectivity index (χ0n) is 19.5. The normalized spacial score (nSPS) is 16.5. The van der Waals surface area contributed by atoms with E-state index in [0.29, 0.717) is 39.5 Å². The fraction of sp³-hybridized carbons (Fsp3) is 0.269. The van der Waals surface area contributed by atoms with Crippen molar-refractivity contribution in [2.45, 2.75) is 18.7 Å². The Labute approximate surface area is 221 Å². The lowest BCUT2D eigenvalue weighted by Gasteiger charge is -2.29. The molecule has 9 heteroatoms. The van der Waals surface area contributed by atoms with Gasteiger partial charge in [0.1, 0.15) is 5.65 Å². The van der Waals surface area contributed by atoms with E-state index in [-0.39, 0.29) is 5.56 Å². The number of halogens is 2. The highest BCUT2D eigenvalue weighted by Crippen LogP contribution is 2.33. The van der Waals surface area contributed by atoms with Crippen LogP contribution in [0, 0.1) is 0 Å². The second-order valence-corrected chi connectivity index (χ2v) is 11.2. The molecule has 5 rings (SSSR count). The number of nitrogens with zero attached hydrogens (tertiary/aromatic N) is 4. The van der Waals surface area contributed by atoms with E-state index in [1.165, 1.54) is 5.56 Å². The Balaban J connectivity index is 1.45. The molecule has 0 radical (unpaired) electrons. The summed E-state index contributed by atoms with van der Waals surface area (Å²) >= 11 is 11.9. The van der Waals surface area contributed by atoms with Crippen molar-refractivity contribution in [3.8, 4) is 11.1 Å². The minimum Gasteiger partial charge on any atom is -0.324 e. The predicted molar refractivity (Wildman–Crippen MR) is 150 cm³/mol. The molecule has 3 heterocycles. The first-order chi connectivity index (χ1) is 16.9. The fourth-order valence-electron chi connectivity index (χ4n) is 4.30. The highest BCUT2D eigenvalue weighted by Gasteiger charge is 2.19. The highest BCUT2D eigenvalue weighted by molar-refractivity contribution is 9.10. The Morgan fingerprint density at radius 2 is 1.97 bits per heavy atom. The van der Waals surface area contributed by atoms with E-state index in [0.717, 1.165) is 34.4 Å². The van der Waals surface area contributed by atoms with E-state index in [1.807, 2.05) is 36.9 Å². The maximum atomic E-state index is 13.3. The third-order valence-electron chi connectivity index (χ3n) is 6.17. The van der Waals surface area contributed by atoms with Crippen LogP contribution in [0.4, 0.5) is 11.6 Å². The number of rotatable bonds is 5. The summed E-state index contributed by atoms with van der Waals surface area (Å²) in [5.74, 6) is 1.61. The van der Waals surface area contributed by atoms with Crippen molar-refractivity contribution < 1.29 is 0 Å². The number of likely N-dealkylation sites (N-methyl/N-ethyl adjacent to an activating group) is 1. The van der Waals surface area contributed by atoms with Crippen LogP contribution >= 0.6 is 39.3 Å². The summed E-state index contributed by atoms with van der Waals surface area (Å²) < 4.78 is 2.52. The molecule has 1 aliphatic heterocycles. The van der Waals surface area contributed by atoms with Gasteiger partial charge in [0, 0.05) is 68.5 Å². The Morgan fingerprint density at radius 1 is 1.17 bits per heavy atom. The summed E-state index contributed by atoms with van der Waals surface area (Å²) in [7, 11) is 2.17. The molecule has 2 aromatic carbocycles. The Bertz CT molecular complexity index is 1440. The van der Waals surface area contributed by atoms with Crippen LogP contribution in [0.1, 0.15) is 17.7 Å². The summed E-state index contributed by atoms with van der Waals surface area (Å²) in [6, 6.07) is 15.8. The number of fused-ring (bicyclic) bond motifs is 1. The van der Waals surface area contributed by atoms with Gasteiger partial charge in [-0.15, -0.1) is 0 Å². The van der Waals surface area contributed by atoms with Crippen LogP contribution in [0.3, 0.4) is 0 Å². The molecule has 6 nitrogen and oxygen atoms in total. The molecule has 180 valence electrons. The van der Waals surface area contributed by atoms with Gasteiger partial charge < -0.3 is 10.2 Å². The van der Waals surface area contributed by atoms with Crippen LogP contribution in [0.2, 0.25) is 5.02 Å². The largest absolute Gasteiger partial charge is 0.324 e. The van der Waals surface area contributed by atoms with Gasteiger partial charge in [0.05, 0.1) is 0 Å². The van der Waals surface area contributed by atoms with E-state index in [2.05, 4.69) is 67.4 Å². The van der Waals surface area contributed by atoms with Gasteiger partial charge >= 0.3 is 0 Å². The number of anilines is 2. The number of aromatic nitrogens is 3. The van der Waals surface area contributed by atoms with Gasteiger partial charge in [-0.25, -0.2) is 4.98 Å². The van der Waals surface area contributed by atoms with Gasteiger partial charge in [-0.05, 0) is 49.9 Å². The van der Waals surface area contributed by atoms with Crippen LogP contribution in [0.15, 0.2) is 64.0 Å². The fourth-order valence-corrected chi connectivity index (χ4v) is 6.49. The molecule has 1 aliphatic rings. The lowest BCUT2D eigenvalue weighted by molar-refractivity contribution is 0.347. The molecule has 0 saturated carbocycles. The summed E-state index contributed by atoms with van der Waals surface area (Å²) in [5.41, 5.74) is 3.91. The van der Waals surface area contributed by atoms with Crippen LogP contribution in [-0.4, -0.2) is 45.3 Å². The van der Waals surface area contributed by atoms with Gasteiger partial charge in [0.25, 0.3) is 5.56 Å². The van der Waals surface area contributed by atoms with Gasteiger partial charge in [-0.2, -0.15) is 16.7 Å². The number of nitrogens with one attached hydrogen (secondary N) is 1. The van der Waals surface area contributed by atoms with E-state index >= 15 is 0 Å². The number of hydrogen-bond donors (Lipinski definition) is 1. The number of hydrogen-bond acceptors (Lipinski definition) is 6. The Kier molecular flexibility index (Phi) is 7.16. The molecular weight excluding hydrogens is 546 g/mol. The van der Waals surface area contributed by atoms with Crippen LogP contribution in [0.25, 0.3) is 22.2 Å². The zero-order valence-corrected chi connectivity index (χ0v) is 22.6. The minimum absolute atomic E-state index is 0.131. The van der Waals surface area contributed by atoms with Crippen molar-refractivity contribution in [3.05, 3.63) is 80.1 Å². The monoisotopic (exact) mass is 569 g/mol. The van der Waals surface area contributed by atoms with Crippen LogP contribution in [-0.2, 0) is 6.54 Å². The Hall–Kier alpha value is -2.39. The molecule has 0 aliphatic carbocycles. The third kappa shape index (κ3) is 5.11. The van der Waals surface area contributed by atoms with E-state index in [9.17, 15) is 4.79 Å². The molecule has 1 fully saturated rings. The molecule has 0 amide bonds. The number of aryl methyl sites for hydroxylation is 1. The third-order valence-corrected chi connectivity index (χ3v) is 8.22. The van der Waals surface area contributed by atoms with Crippen LogP contribution < -0.4 is 10.9 Å². The van der Waals surface area contributed by atoms with Crippen molar-refractivity contribution in [2.24, 2.45) is 0 Å². The number of thioether (sulfide) groups is 1. The number of benzene rings is 2. The lowest BCUT2D eigenvalue weighted by Crippen LogP contribution is -2.30. The SMILES string of the molecule is CCn1c(=O)c(-c2ccc(Br)cc2Cl)cc2cnc(Nc3ccc(C4CN(C)CCS4)cc3)nc21.